The number of nitriles is 1. The van der Waals surface area contributed by atoms with Crippen LogP contribution < -0.4 is 24.7 Å². The molecule has 11 heteroatoms. The molecule has 3 rings (SSSR count). The van der Waals surface area contributed by atoms with E-state index in [1.54, 1.807) is 13.0 Å². The predicted molar refractivity (Wildman–Crippen MR) is 106 cm³/mol. The smallest absolute Gasteiger partial charge is 0.356 e. The molecule has 1 aromatic rings. The fourth-order valence-corrected chi connectivity index (χ4v) is 3.31. The van der Waals surface area contributed by atoms with Gasteiger partial charge in [-0.3, -0.25) is 4.79 Å². The van der Waals surface area contributed by atoms with Gasteiger partial charge in [0, 0.05) is 24.0 Å². The van der Waals surface area contributed by atoms with Crippen molar-refractivity contribution in [2.45, 2.75) is 25.9 Å². The maximum atomic E-state index is 11.9. The van der Waals surface area contributed by atoms with Crippen molar-refractivity contribution in [3.63, 3.8) is 0 Å². The molecule has 1 atom stereocenters. The number of rotatable bonds is 8. The Balaban J connectivity index is 2.07. The summed E-state index contributed by atoms with van der Waals surface area (Å²) in [5.74, 6) is -0.324. The van der Waals surface area contributed by atoms with Crippen LogP contribution in [-0.2, 0) is 25.6 Å². The summed E-state index contributed by atoms with van der Waals surface area (Å²) in [5, 5.41) is 13.1. The molecule has 0 radical (unpaired) electrons. The average molecular weight is 431 g/mol. The van der Waals surface area contributed by atoms with Gasteiger partial charge in [-0.05, 0) is 13.0 Å². The molecule has 0 aromatic heterocycles. The molecule has 0 saturated carbocycles. The number of primary amides is 1. The van der Waals surface area contributed by atoms with Gasteiger partial charge in [-0.15, -0.1) is 0 Å². The first-order valence-corrected chi connectivity index (χ1v) is 9.32. The molecule has 1 amide bonds. The van der Waals surface area contributed by atoms with Gasteiger partial charge in [-0.1, -0.05) is 5.16 Å². The zero-order valence-corrected chi connectivity index (χ0v) is 17.2. The number of methoxy groups -OCH3 is 2. The monoisotopic (exact) mass is 431 g/mol. The Morgan fingerprint density at radius 2 is 1.94 bits per heavy atom. The van der Waals surface area contributed by atoms with Crippen molar-refractivity contribution >= 4 is 23.7 Å². The molecule has 1 aromatic carbocycles. The Kier molecular flexibility index (Phi) is 6.49. The first-order valence-electron chi connectivity index (χ1n) is 9.32. The van der Waals surface area contributed by atoms with Gasteiger partial charge in [-0.25, -0.2) is 4.79 Å². The molecule has 1 unspecified atom stereocenters. The van der Waals surface area contributed by atoms with Crippen molar-refractivity contribution in [2.24, 2.45) is 10.9 Å². The second-order valence-electron chi connectivity index (χ2n) is 6.45. The standard InChI is InChI=1S/C20H21N3O8/c1-4-28-20(25)14-7-11(31-23-14)6-13-12(5-10(8-21)19(22)24)15(26-2)17-18(16(13)27-3)30-9-29-17/h5,11H,4,6-7,9H2,1-3H3,(H2,22,24). The molecular weight excluding hydrogens is 410 g/mol. The topological polar surface area (TPSA) is 152 Å². The van der Waals surface area contributed by atoms with Crippen LogP contribution in [0.5, 0.6) is 23.0 Å². The van der Waals surface area contributed by atoms with Crippen LogP contribution in [0.1, 0.15) is 24.5 Å². The Hall–Kier alpha value is -3.94. The highest BCUT2D eigenvalue weighted by atomic mass is 16.7. The Labute approximate surface area is 177 Å². The number of benzene rings is 1. The Morgan fingerprint density at radius 3 is 2.52 bits per heavy atom. The first kappa shape index (κ1) is 21.8. The minimum Gasteiger partial charge on any atom is -0.492 e. The first-order chi connectivity index (χ1) is 14.9. The number of carbonyl (C=O) groups is 2. The summed E-state index contributed by atoms with van der Waals surface area (Å²) in [7, 11) is 2.85. The number of hydrogen-bond donors (Lipinski definition) is 1. The average Bonchev–Trinajstić information content (AvgIpc) is 3.41. The number of ether oxygens (including phenoxy) is 5. The van der Waals surface area contributed by atoms with Gasteiger partial charge >= 0.3 is 5.97 Å². The van der Waals surface area contributed by atoms with Crippen LogP contribution in [0.3, 0.4) is 0 Å². The lowest BCUT2D eigenvalue weighted by atomic mass is 9.94. The van der Waals surface area contributed by atoms with Crippen LogP contribution in [0, 0.1) is 11.3 Å². The normalized spacial score (nSPS) is 16.8. The second kappa shape index (κ2) is 9.25. The minimum atomic E-state index is -0.905. The van der Waals surface area contributed by atoms with Crippen LogP contribution >= 0.6 is 0 Å². The van der Waals surface area contributed by atoms with Gasteiger partial charge in [-0.2, -0.15) is 5.26 Å². The van der Waals surface area contributed by atoms with E-state index in [1.165, 1.54) is 20.3 Å². The molecule has 2 aliphatic heterocycles. The molecule has 0 saturated heterocycles. The van der Waals surface area contributed by atoms with Crippen molar-refractivity contribution in [3.05, 3.63) is 16.7 Å². The summed E-state index contributed by atoms with van der Waals surface area (Å²) in [6.45, 7) is 1.85. The quantitative estimate of drug-likeness (QED) is 0.362. The third-order valence-corrected chi connectivity index (χ3v) is 4.63. The lowest BCUT2D eigenvalue weighted by Gasteiger charge is -2.19. The van der Waals surface area contributed by atoms with E-state index in [4.69, 9.17) is 34.3 Å². The maximum Gasteiger partial charge on any atom is 0.356 e. The fourth-order valence-electron chi connectivity index (χ4n) is 3.31. The van der Waals surface area contributed by atoms with Gasteiger partial charge in [0.15, 0.2) is 17.2 Å². The van der Waals surface area contributed by atoms with Crippen LogP contribution in [0.2, 0.25) is 0 Å². The van der Waals surface area contributed by atoms with E-state index in [1.807, 2.05) is 0 Å². The molecule has 11 nitrogen and oxygen atoms in total. The van der Waals surface area contributed by atoms with E-state index < -0.39 is 18.0 Å². The zero-order chi connectivity index (χ0) is 22.5. The Morgan fingerprint density at radius 1 is 1.26 bits per heavy atom. The van der Waals surface area contributed by atoms with E-state index in [2.05, 4.69) is 5.16 Å². The maximum absolute atomic E-state index is 11.9. The lowest BCUT2D eigenvalue weighted by molar-refractivity contribution is -0.135. The van der Waals surface area contributed by atoms with E-state index in [-0.39, 0.29) is 49.0 Å². The number of hydrogen-bond acceptors (Lipinski definition) is 10. The number of carbonyl (C=O) groups excluding carboxylic acids is 2. The molecule has 2 aliphatic rings. The van der Waals surface area contributed by atoms with Crippen LogP contribution in [0.25, 0.3) is 6.08 Å². The zero-order valence-electron chi connectivity index (χ0n) is 17.2. The number of fused-ring (bicyclic) bond motifs is 1. The molecule has 0 fully saturated rings. The summed E-state index contributed by atoms with van der Waals surface area (Å²) in [6.07, 6.45) is 1.14. The molecule has 0 spiro atoms. The number of nitrogens with two attached hydrogens (primary N) is 1. The minimum absolute atomic E-state index is 0.0639. The van der Waals surface area contributed by atoms with E-state index >= 15 is 0 Å². The van der Waals surface area contributed by atoms with E-state index in [0.717, 1.165) is 0 Å². The van der Waals surface area contributed by atoms with Crippen molar-refractivity contribution in [1.29, 1.82) is 5.26 Å². The number of oxime groups is 1. The molecular formula is C20H21N3O8. The van der Waals surface area contributed by atoms with Crippen molar-refractivity contribution in [2.75, 3.05) is 27.6 Å². The molecule has 2 heterocycles. The van der Waals surface area contributed by atoms with Gasteiger partial charge in [0.1, 0.15) is 17.7 Å². The Bertz CT molecular complexity index is 1010. The highest BCUT2D eigenvalue weighted by Gasteiger charge is 2.35. The number of esters is 1. The van der Waals surface area contributed by atoms with Gasteiger partial charge in [0.2, 0.25) is 18.3 Å². The molecule has 31 heavy (non-hydrogen) atoms. The summed E-state index contributed by atoms with van der Waals surface area (Å²) < 4.78 is 27.1. The molecule has 0 bridgehead atoms. The number of nitrogens with zero attached hydrogens (tertiary/aromatic N) is 2. The van der Waals surface area contributed by atoms with Gasteiger partial charge < -0.3 is 34.3 Å². The fraction of sp³-hybridized carbons (Fsp3) is 0.400. The van der Waals surface area contributed by atoms with Crippen molar-refractivity contribution < 1.29 is 38.1 Å². The number of amides is 1. The molecule has 0 aliphatic carbocycles. The second-order valence-corrected chi connectivity index (χ2v) is 6.45. The molecule has 2 N–H and O–H groups in total. The predicted octanol–water partition coefficient (Wildman–Crippen LogP) is 1.08. The van der Waals surface area contributed by atoms with Gasteiger partial charge in [0.25, 0.3) is 5.91 Å². The van der Waals surface area contributed by atoms with Crippen molar-refractivity contribution in [3.8, 4) is 29.1 Å². The highest BCUT2D eigenvalue weighted by Crippen LogP contribution is 2.53. The van der Waals surface area contributed by atoms with Crippen LogP contribution in [0.4, 0.5) is 0 Å². The largest absolute Gasteiger partial charge is 0.492 e. The van der Waals surface area contributed by atoms with Crippen LogP contribution in [-0.4, -0.2) is 51.3 Å². The summed E-state index contributed by atoms with van der Waals surface area (Å²) in [5.41, 5.74) is 6.02. The van der Waals surface area contributed by atoms with E-state index in [9.17, 15) is 14.9 Å². The SMILES string of the molecule is CCOC(=O)C1=NOC(Cc2c(C=C(C#N)C(N)=O)c(OC)c3c(c2OC)OCO3)C1. The van der Waals surface area contributed by atoms with Crippen molar-refractivity contribution in [1.82, 2.24) is 0 Å². The molecule has 164 valence electrons. The third-order valence-electron chi connectivity index (χ3n) is 4.63. The lowest BCUT2D eigenvalue weighted by Crippen LogP contribution is -2.20. The summed E-state index contributed by atoms with van der Waals surface area (Å²) in [4.78, 5) is 29.0. The van der Waals surface area contributed by atoms with Crippen LogP contribution in [0.15, 0.2) is 10.7 Å². The van der Waals surface area contributed by atoms with Gasteiger partial charge in [0.05, 0.1) is 20.8 Å². The summed E-state index contributed by atoms with van der Waals surface area (Å²) in [6, 6.07) is 1.77. The highest BCUT2D eigenvalue weighted by molar-refractivity contribution is 6.36. The summed E-state index contributed by atoms with van der Waals surface area (Å²) >= 11 is 0. The van der Waals surface area contributed by atoms with E-state index in [0.29, 0.717) is 22.6 Å². The third kappa shape index (κ3) is 4.18.